The van der Waals surface area contributed by atoms with Gasteiger partial charge in [0, 0.05) is 34.6 Å². The van der Waals surface area contributed by atoms with Crippen molar-refractivity contribution < 1.29 is 36.6 Å². The molecule has 3 aromatic rings. The largest absolute Gasteiger partial charge is 0.436 e. The minimum absolute atomic E-state index is 0.281. The quantitative estimate of drug-likeness (QED) is 0.164. The van der Waals surface area contributed by atoms with E-state index in [0.717, 1.165) is 33.6 Å². The van der Waals surface area contributed by atoms with E-state index < -0.39 is 10.1 Å². The fourth-order valence-electron chi connectivity index (χ4n) is 2.85. The van der Waals surface area contributed by atoms with Crippen molar-refractivity contribution in [3.05, 3.63) is 54.0 Å². The summed E-state index contributed by atoms with van der Waals surface area (Å²) in [6.45, 7) is 4.21. The first kappa shape index (κ1) is 22.4. The Kier molecular flexibility index (Phi) is 7.23. The van der Waals surface area contributed by atoms with Gasteiger partial charge in [0.05, 0.1) is 23.5 Å². The number of rotatable bonds is 9. The molecule has 9 nitrogen and oxygen atoms in total. The topological polar surface area (TPSA) is 123 Å². The fourth-order valence-corrected chi connectivity index (χ4v) is 3.82. The summed E-state index contributed by atoms with van der Waals surface area (Å²) in [7, 11) is -3.95. The van der Waals surface area contributed by atoms with Gasteiger partial charge in [-0.3, -0.25) is 4.55 Å². The minimum atomic E-state index is -3.95. The van der Waals surface area contributed by atoms with Gasteiger partial charge in [-0.15, -0.1) is 4.33 Å². The molecule has 3 rings (SSSR count). The molecular weight excluding hydrogens is 432 g/mol. The second-order valence-corrected chi connectivity index (χ2v) is 8.92. The number of oxazole rings is 1. The monoisotopic (exact) mass is 453 g/mol. The van der Waals surface area contributed by atoms with Crippen molar-refractivity contribution in [1.82, 2.24) is 4.98 Å². The maximum atomic E-state index is 10.8. The third-order valence-electron chi connectivity index (χ3n) is 4.36. The zero-order valence-corrected chi connectivity index (χ0v) is 17.9. The number of hydrogen-bond donors (Lipinski definition) is 2. The lowest BCUT2D eigenvalue weighted by atomic mass is 10.1. The Bertz CT molecular complexity index is 1110. The Morgan fingerprint density at radius 2 is 1.90 bits per heavy atom. The van der Waals surface area contributed by atoms with E-state index in [1.54, 1.807) is 12.4 Å². The van der Waals surface area contributed by atoms with Gasteiger partial charge >= 0.3 is 0 Å². The molecule has 0 atom stereocenters. The Labute approximate surface area is 178 Å². The van der Waals surface area contributed by atoms with Gasteiger partial charge in [-0.25, -0.2) is 14.8 Å². The molecule has 0 unspecified atom stereocenters. The van der Waals surface area contributed by atoms with Crippen molar-refractivity contribution >= 4 is 22.2 Å². The van der Waals surface area contributed by atoms with Crippen LogP contribution in [0.3, 0.4) is 0 Å². The van der Waals surface area contributed by atoms with Crippen molar-refractivity contribution in [2.75, 3.05) is 5.75 Å². The SMILES string of the molecule is Cc1ccc(-c2oc(-c3cc[n+](CCCS(=O)(=O)O)cc3)nc2C)cc1SOOO. The van der Waals surface area contributed by atoms with Crippen LogP contribution < -0.4 is 4.57 Å². The summed E-state index contributed by atoms with van der Waals surface area (Å²) in [5, 5.41) is 12.0. The van der Waals surface area contributed by atoms with Crippen LogP contribution >= 0.6 is 12.0 Å². The molecule has 0 radical (unpaired) electrons. The van der Waals surface area contributed by atoms with E-state index >= 15 is 0 Å². The van der Waals surface area contributed by atoms with E-state index in [4.69, 9.17) is 14.2 Å². The molecule has 2 aromatic heterocycles. The average molecular weight is 454 g/mol. The molecule has 2 heterocycles. The van der Waals surface area contributed by atoms with Crippen LogP contribution in [0.25, 0.3) is 22.8 Å². The van der Waals surface area contributed by atoms with Crippen LogP contribution in [0.4, 0.5) is 0 Å². The van der Waals surface area contributed by atoms with Gasteiger partial charge in [-0.2, -0.15) is 8.42 Å². The number of aryl methyl sites for hydroxylation is 3. The van der Waals surface area contributed by atoms with Gasteiger partial charge in [0.15, 0.2) is 18.2 Å². The molecule has 1 aromatic carbocycles. The van der Waals surface area contributed by atoms with Gasteiger partial charge in [-0.05, 0) is 25.5 Å². The normalized spacial score (nSPS) is 11.7. The van der Waals surface area contributed by atoms with Crippen molar-refractivity contribution in [3.63, 3.8) is 0 Å². The lowest BCUT2D eigenvalue weighted by Crippen LogP contribution is -2.33. The van der Waals surface area contributed by atoms with Crippen LogP contribution in [0.1, 0.15) is 17.7 Å². The first-order valence-electron chi connectivity index (χ1n) is 8.94. The van der Waals surface area contributed by atoms with Crippen LogP contribution in [0.15, 0.2) is 52.0 Å². The average Bonchev–Trinajstić information content (AvgIpc) is 3.08. The molecule has 30 heavy (non-hydrogen) atoms. The van der Waals surface area contributed by atoms with Gasteiger partial charge in [0.25, 0.3) is 10.1 Å². The lowest BCUT2D eigenvalue weighted by molar-refractivity contribution is -0.696. The van der Waals surface area contributed by atoms with Gasteiger partial charge in [0.1, 0.15) is 6.54 Å². The molecule has 0 aliphatic carbocycles. The molecule has 11 heteroatoms. The van der Waals surface area contributed by atoms with Crippen molar-refractivity contribution in [1.29, 1.82) is 0 Å². The van der Waals surface area contributed by atoms with Crippen molar-refractivity contribution in [2.24, 2.45) is 0 Å². The highest BCUT2D eigenvalue weighted by Crippen LogP contribution is 2.33. The highest BCUT2D eigenvalue weighted by molar-refractivity contribution is 7.94. The number of benzene rings is 1. The summed E-state index contributed by atoms with van der Waals surface area (Å²) < 4.78 is 42.7. The van der Waals surface area contributed by atoms with E-state index in [1.165, 1.54) is 0 Å². The van der Waals surface area contributed by atoms with E-state index in [1.807, 2.05) is 48.7 Å². The molecule has 0 saturated heterocycles. The molecule has 0 bridgehead atoms. The number of pyridine rings is 1. The summed E-state index contributed by atoms with van der Waals surface area (Å²) in [5.74, 6) is 0.787. The van der Waals surface area contributed by atoms with E-state index in [-0.39, 0.29) is 5.75 Å². The molecule has 160 valence electrons. The molecule has 0 aliphatic heterocycles. The van der Waals surface area contributed by atoms with Gasteiger partial charge < -0.3 is 4.42 Å². The minimum Gasteiger partial charge on any atom is -0.436 e. The van der Waals surface area contributed by atoms with Crippen LogP contribution in [-0.4, -0.2) is 29.0 Å². The summed E-state index contributed by atoms with van der Waals surface area (Å²) in [4.78, 5) is 5.26. The molecule has 0 amide bonds. The fraction of sp³-hybridized carbons (Fsp3) is 0.263. The Morgan fingerprint density at radius 3 is 2.57 bits per heavy atom. The standard InChI is InChI=1S/C19H20N2O7S2/c1-13-4-5-16(12-17(13)29-28-27-22)18-14(2)20-19(26-18)15-6-9-21(10-7-15)8-3-11-30(23,24)25/h4-7,9-10,12H,3,8,11H2,1-2H3,(H-,22,23,24,25)/p+1. The highest BCUT2D eigenvalue weighted by atomic mass is 32.2. The molecule has 0 fully saturated rings. The van der Waals surface area contributed by atoms with Crippen LogP contribution in [0, 0.1) is 13.8 Å². The number of hydrogen-bond acceptors (Lipinski definition) is 8. The number of aromatic nitrogens is 2. The van der Waals surface area contributed by atoms with Crippen LogP contribution in [0.5, 0.6) is 0 Å². The molecule has 0 spiro atoms. The second-order valence-electron chi connectivity index (χ2n) is 6.60. The Balaban J connectivity index is 1.78. The summed E-state index contributed by atoms with van der Waals surface area (Å²) in [6, 6.07) is 9.31. The zero-order chi connectivity index (χ0) is 21.7. The van der Waals surface area contributed by atoms with E-state index in [2.05, 4.69) is 14.4 Å². The van der Waals surface area contributed by atoms with Crippen LogP contribution in [0.2, 0.25) is 0 Å². The first-order chi connectivity index (χ1) is 14.3. The van der Waals surface area contributed by atoms with E-state index in [0.29, 0.717) is 30.3 Å². The third-order valence-corrected chi connectivity index (χ3v) is 5.91. The van der Waals surface area contributed by atoms with Crippen molar-refractivity contribution in [2.45, 2.75) is 31.7 Å². The smallest absolute Gasteiger partial charge is 0.265 e. The molecule has 0 saturated carbocycles. The number of nitrogens with zero attached hydrogens (tertiary/aromatic N) is 2. The predicted molar refractivity (Wildman–Crippen MR) is 109 cm³/mol. The van der Waals surface area contributed by atoms with E-state index in [9.17, 15) is 8.42 Å². The van der Waals surface area contributed by atoms with Crippen molar-refractivity contribution in [3.8, 4) is 22.8 Å². The molecule has 0 aliphatic rings. The first-order valence-corrected chi connectivity index (χ1v) is 11.3. The predicted octanol–water partition coefficient (Wildman–Crippen LogP) is 3.62. The third kappa shape index (κ3) is 5.88. The summed E-state index contributed by atoms with van der Waals surface area (Å²) in [5.41, 5.74) is 3.24. The second kappa shape index (κ2) is 9.69. The summed E-state index contributed by atoms with van der Waals surface area (Å²) >= 11 is 0.884. The molecule has 2 N–H and O–H groups in total. The lowest BCUT2D eigenvalue weighted by Gasteiger charge is -2.05. The zero-order valence-electron chi connectivity index (χ0n) is 16.3. The Morgan fingerprint density at radius 1 is 1.17 bits per heavy atom. The summed E-state index contributed by atoms with van der Waals surface area (Å²) in [6.07, 6.45) is 3.90. The van der Waals surface area contributed by atoms with Gasteiger partial charge in [0.2, 0.25) is 5.89 Å². The van der Waals surface area contributed by atoms with Crippen LogP contribution in [-0.2, 0) is 26.0 Å². The maximum Gasteiger partial charge on any atom is 0.265 e. The maximum absolute atomic E-state index is 10.8. The molecular formula is C19H21N2O7S2+. The van der Waals surface area contributed by atoms with Gasteiger partial charge in [-0.1, -0.05) is 17.2 Å². The Hall–Kier alpha value is -2.28. The highest BCUT2D eigenvalue weighted by Gasteiger charge is 2.16.